The van der Waals surface area contributed by atoms with Crippen LogP contribution in [0.3, 0.4) is 0 Å². The molecule has 0 spiro atoms. The zero-order valence-corrected chi connectivity index (χ0v) is 8.96. The van der Waals surface area contributed by atoms with Gasteiger partial charge in [-0.25, -0.2) is 4.98 Å². The van der Waals surface area contributed by atoms with Crippen molar-refractivity contribution in [3.63, 3.8) is 0 Å². The molecule has 2 aromatic rings. The highest BCUT2D eigenvalue weighted by molar-refractivity contribution is 6.31. The molecular weight excluding hydrogens is 208 g/mol. The van der Waals surface area contributed by atoms with Gasteiger partial charge < -0.3 is 5.73 Å². The molecule has 1 aromatic heterocycles. The van der Waals surface area contributed by atoms with E-state index in [0.29, 0.717) is 11.7 Å². The summed E-state index contributed by atoms with van der Waals surface area (Å²) in [5, 5.41) is 1.51. The number of nitrogens with zero attached hydrogens (tertiary/aromatic N) is 1. The molecule has 0 amide bonds. The van der Waals surface area contributed by atoms with E-state index in [-0.39, 0.29) is 0 Å². The van der Waals surface area contributed by atoms with Gasteiger partial charge in [0.1, 0.15) is 5.15 Å². The monoisotopic (exact) mass is 218 g/mol. The molecule has 0 aliphatic carbocycles. The second-order valence-corrected chi connectivity index (χ2v) is 3.69. The molecule has 0 atom stereocenters. The minimum atomic E-state index is 0.389. The highest BCUT2D eigenvalue weighted by Gasteiger charge is 2.06. The van der Waals surface area contributed by atoms with Crippen LogP contribution in [0.25, 0.3) is 16.5 Å². The number of fused-ring (bicyclic) bond motifs is 1. The van der Waals surface area contributed by atoms with Crippen molar-refractivity contribution in [2.24, 2.45) is 5.73 Å². The molecule has 2 rings (SSSR count). The molecule has 0 fully saturated rings. The number of rotatable bonds is 2. The highest BCUT2D eigenvalue weighted by atomic mass is 35.5. The molecule has 76 valence electrons. The number of nitrogens with two attached hydrogens (primary N) is 1. The summed E-state index contributed by atoms with van der Waals surface area (Å²) in [6, 6.07) is 9.79. The van der Waals surface area contributed by atoms with Crippen LogP contribution in [0.5, 0.6) is 0 Å². The molecule has 0 saturated heterocycles. The number of hydrogen-bond donors (Lipinski definition) is 1. The third kappa shape index (κ3) is 1.87. The van der Waals surface area contributed by atoms with Gasteiger partial charge in [0.2, 0.25) is 0 Å². The van der Waals surface area contributed by atoms with E-state index in [1.165, 1.54) is 0 Å². The van der Waals surface area contributed by atoms with Crippen molar-refractivity contribution in [2.45, 2.75) is 0 Å². The van der Waals surface area contributed by atoms with Crippen LogP contribution < -0.4 is 5.73 Å². The molecule has 0 radical (unpaired) electrons. The Hall–Kier alpha value is -1.38. The fourth-order valence-corrected chi connectivity index (χ4v) is 1.73. The number of hydrogen-bond acceptors (Lipinski definition) is 2. The molecule has 3 heteroatoms. The van der Waals surface area contributed by atoms with E-state index in [1.54, 1.807) is 0 Å². The number of pyridine rings is 1. The molecule has 0 aliphatic heterocycles. The first-order valence-electron chi connectivity index (χ1n) is 4.66. The number of halogens is 1. The summed E-state index contributed by atoms with van der Waals surface area (Å²) in [5.41, 5.74) is 8.05. The largest absolute Gasteiger partial charge is 0.326 e. The molecule has 1 aromatic carbocycles. The van der Waals surface area contributed by atoms with Crippen molar-refractivity contribution in [3.05, 3.63) is 47.6 Å². The van der Waals surface area contributed by atoms with Crippen LogP contribution in [0.15, 0.2) is 36.9 Å². The molecule has 15 heavy (non-hydrogen) atoms. The predicted molar refractivity (Wildman–Crippen MR) is 64.8 cm³/mol. The molecule has 2 N–H and O–H groups in total. The minimum absolute atomic E-state index is 0.389. The second-order valence-electron chi connectivity index (χ2n) is 3.33. The van der Waals surface area contributed by atoms with Gasteiger partial charge >= 0.3 is 0 Å². The van der Waals surface area contributed by atoms with Gasteiger partial charge in [0, 0.05) is 17.5 Å². The fraction of sp³-hybridized carbons (Fsp3) is 0.0833. The second kappa shape index (κ2) is 4.01. The Morgan fingerprint density at radius 3 is 2.87 bits per heavy atom. The summed E-state index contributed by atoms with van der Waals surface area (Å²) in [6.45, 7) is 4.25. The van der Waals surface area contributed by atoms with E-state index in [0.717, 1.165) is 22.0 Å². The van der Waals surface area contributed by atoms with Gasteiger partial charge in [-0.2, -0.15) is 0 Å². The Labute approximate surface area is 93.4 Å². The van der Waals surface area contributed by atoms with Gasteiger partial charge in [0.05, 0.1) is 5.52 Å². The summed E-state index contributed by atoms with van der Waals surface area (Å²) >= 11 is 6.05. The van der Waals surface area contributed by atoms with Crippen LogP contribution in [0.2, 0.25) is 5.15 Å². The van der Waals surface area contributed by atoms with Crippen molar-refractivity contribution >= 4 is 28.1 Å². The van der Waals surface area contributed by atoms with E-state index >= 15 is 0 Å². The molecule has 0 aliphatic rings. The zero-order valence-electron chi connectivity index (χ0n) is 8.20. The Morgan fingerprint density at radius 2 is 2.13 bits per heavy atom. The van der Waals surface area contributed by atoms with Crippen LogP contribution in [-0.4, -0.2) is 11.5 Å². The van der Waals surface area contributed by atoms with Gasteiger partial charge in [-0.15, -0.1) is 0 Å². The third-order valence-electron chi connectivity index (χ3n) is 2.30. The van der Waals surface area contributed by atoms with Gasteiger partial charge in [0.25, 0.3) is 0 Å². The predicted octanol–water partition coefficient (Wildman–Crippen LogP) is 2.86. The summed E-state index contributed by atoms with van der Waals surface area (Å²) in [5.74, 6) is 0. The van der Waals surface area contributed by atoms with Gasteiger partial charge in [-0.3, -0.25) is 0 Å². The lowest BCUT2D eigenvalue weighted by Crippen LogP contribution is -2.02. The zero-order chi connectivity index (χ0) is 10.8. The number of benzene rings is 1. The number of para-hydroxylation sites is 1. The van der Waals surface area contributed by atoms with E-state index in [9.17, 15) is 0 Å². The third-order valence-corrected chi connectivity index (χ3v) is 2.59. The molecule has 0 saturated carbocycles. The average Bonchev–Trinajstić information content (AvgIpc) is 2.27. The van der Waals surface area contributed by atoms with Crippen molar-refractivity contribution in [1.29, 1.82) is 0 Å². The normalized spacial score (nSPS) is 10.5. The van der Waals surface area contributed by atoms with E-state index in [1.807, 2.05) is 30.3 Å². The standard InChI is InChI=1S/C12H11ClN2/c1-8(7-14)10-6-9-4-2-3-5-11(9)15-12(10)13/h2-6H,1,7,14H2. The maximum Gasteiger partial charge on any atom is 0.137 e. The molecule has 0 bridgehead atoms. The molecule has 0 unspecified atom stereocenters. The van der Waals surface area contributed by atoms with E-state index in [2.05, 4.69) is 11.6 Å². The first-order chi connectivity index (χ1) is 7.22. The lowest BCUT2D eigenvalue weighted by Gasteiger charge is -2.06. The highest BCUT2D eigenvalue weighted by Crippen LogP contribution is 2.24. The maximum absolute atomic E-state index is 6.05. The summed E-state index contributed by atoms with van der Waals surface area (Å²) in [4.78, 5) is 4.29. The van der Waals surface area contributed by atoms with Crippen LogP contribution in [-0.2, 0) is 0 Å². The van der Waals surface area contributed by atoms with E-state index < -0.39 is 0 Å². The van der Waals surface area contributed by atoms with Crippen molar-refractivity contribution in [2.75, 3.05) is 6.54 Å². The Balaban J connectivity index is 2.67. The van der Waals surface area contributed by atoms with Gasteiger partial charge in [-0.05, 0) is 17.7 Å². The SMILES string of the molecule is C=C(CN)c1cc2ccccc2nc1Cl. The van der Waals surface area contributed by atoms with Crippen molar-refractivity contribution in [3.8, 4) is 0 Å². The van der Waals surface area contributed by atoms with Gasteiger partial charge in [-0.1, -0.05) is 36.4 Å². The van der Waals surface area contributed by atoms with Gasteiger partial charge in [0.15, 0.2) is 0 Å². The van der Waals surface area contributed by atoms with Crippen LogP contribution in [0.4, 0.5) is 0 Å². The van der Waals surface area contributed by atoms with Crippen LogP contribution in [0, 0.1) is 0 Å². The lowest BCUT2D eigenvalue weighted by atomic mass is 10.1. The smallest absolute Gasteiger partial charge is 0.137 e. The first kappa shape index (κ1) is 10.1. The average molecular weight is 219 g/mol. The topological polar surface area (TPSA) is 38.9 Å². The van der Waals surface area contributed by atoms with Crippen LogP contribution in [0.1, 0.15) is 5.56 Å². The van der Waals surface area contributed by atoms with Crippen LogP contribution >= 0.6 is 11.6 Å². The fourth-order valence-electron chi connectivity index (χ4n) is 1.45. The van der Waals surface area contributed by atoms with Crippen molar-refractivity contribution in [1.82, 2.24) is 4.98 Å². The Kier molecular flexibility index (Phi) is 2.71. The lowest BCUT2D eigenvalue weighted by molar-refractivity contribution is 1.26. The maximum atomic E-state index is 6.05. The first-order valence-corrected chi connectivity index (χ1v) is 5.03. The quantitative estimate of drug-likeness (QED) is 0.788. The molecule has 2 nitrogen and oxygen atoms in total. The summed E-state index contributed by atoms with van der Waals surface area (Å²) < 4.78 is 0. The minimum Gasteiger partial charge on any atom is -0.326 e. The molecular formula is C12H11ClN2. The van der Waals surface area contributed by atoms with Crippen molar-refractivity contribution < 1.29 is 0 Å². The van der Waals surface area contributed by atoms with E-state index in [4.69, 9.17) is 17.3 Å². The number of aromatic nitrogens is 1. The molecule has 1 heterocycles. The summed E-state index contributed by atoms with van der Waals surface area (Å²) in [6.07, 6.45) is 0. The summed E-state index contributed by atoms with van der Waals surface area (Å²) in [7, 11) is 0. The Bertz CT molecular complexity index is 520. The Morgan fingerprint density at radius 1 is 1.40 bits per heavy atom.